The highest BCUT2D eigenvalue weighted by atomic mass is 16.5. The van der Waals surface area contributed by atoms with Gasteiger partial charge in [-0.1, -0.05) is 13.3 Å². The van der Waals surface area contributed by atoms with E-state index in [9.17, 15) is 4.79 Å². The van der Waals surface area contributed by atoms with E-state index in [4.69, 9.17) is 10.3 Å². The molecule has 11 heavy (non-hydrogen) atoms. The van der Waals surface area contributed by atoms with Crippen molar-refractivity contribution in [2.45, 2.75) is 25.8 Å². The highest BCUT2D eigenvalue weighted by Crippen LogP contribution is 2.12. The van der Waals surface area contributed by atoms with Crippen LogP contribution in [0.15, 0.2) is 15.4 Å². The molecule has 0 aromatic carbocycles. The van der Waals surface area contributed by atoms with Crippen molar-refractivity contribution in [3.8, 4) is 0 Å². The number of hydrogen-bond donors (Lipinski definition) is 2. The van der Waals surface area contributed by atoms with Gasteiger partial charge in [-0.25, -0.2) is 0 Å². The molecule has 0 fully saturated rings. The lowest BCUT2D eigenvalue weighted by Crippen LogP contribution is -2.08. The molecule has 0 saturated carbocycles. The Balaban J connectivity index is 2.68. The van der Waals surface area contributed by atoms with E-state index in [2.05, 4.69) is 5.16 Å². The van der Waals surface area contributed by atoms with Crippen LogP contribution in [0, 0.1) is 0 Å². The quantitative estimate of drug-likeness (QED) is 0.678. The number of rotatable bonds is 3. The van der Waals surface area contributed by atoms with Gasteiger partial charge in [-0.2, -0.15) is 5.16 Å². The number of aromatic nitrogens is 1. The summed E-state index contributed by atoms with van der Waals surface area (Å²) in [5.41, 5.74) is 5.44. The molecule has 1 rings (SSSR count). The van der Waals surface area contributed by atoms with Crippen molar-refractivity contribution >= 4 is 0 Å². The second-order valence-electron chi connectivity index (χ2n) is 2.51. The van der Waals surface area contributed by atoms with Crippen molar-refractivity contribution in [1.29, 1.82) is 0 Å². The molecule has 0 aliphatic carbocycles. The van der Waals surface area contributed by atoms with E-state index < -0.39 is 0 Å². The molecule has 0 spiro atoms. The van der Waals surface area contributed by atoms with Crippen molar-refractivity contribution in [2.24, 2.45) is 5.73 Å². The Morgan fingerprint density at radius 2 is 2.55 bits per heavy atom. The summed E-state index contributed by atoms with van der Waals surface area (Å²) in [5, 5.41) is 2.20. The van der Waals surface area contributed by atoms with E-state index in [1.807, 2.05) is 6.92 Å². The minimum absolute atomic E-state index is 0.154. The fourth-order valence-corrected chi connectivity index (χ4v) is 0.933. The minimum atomic E-state index is -0.230. The monoisotopic (exact) mass is 156 g/mol. The molecule has 0 aliphatic rings. The second kappa shape index (κ2) is 3.39. The van der Waals surface area contributed by atoms with Gasteiger partial charge in [-0.15, -0.1) is 0 Å². The molecular formula is C7H12N2O2. The summed E-state index contributed by atoms with van der Waals surface area (Å²) < 4.78 is 4.82. The standard InChI is InChI=1S/C7H12N2O2/c1-2-3-5(8)6-4-7(10)9-11-6/h4-5H,2-3,8H2,1H3,(H,9,10). The Morgan fingerprint density at radius 1 is 1.82 bits per heavy atom. The highest BCUT2D eigenvalue weighted by molar-refractivity contribution is 4.99. The van der Waals surface area contributed by atoms with E-state index in [1.165, 1.54) is 6.07 Å². The van der Waals surface area contributed by atoms with Gasteiger partial charge >= 0.3 is 0 Å². The van der Waals surface area contributed by atoms with Crippen LogP contribution in [0.2, 0.25) is 0 Å². The average Bonchev–Trinajstić information content (AvgIpc) is 2.36. The number of nitrogens with one attached hydrogen (secondary N) is 1. The topological polar surface area (TPSA) is 72.0 Å². The SMILES string of the molecule is CCCC(N)c1cc(=O)[nH]o1. The van der Waals surface area contributed by atoms with E-state index in [0.29, 0.717) is 5.76 Å². The molecule has 1 aromatic heterocycles. The van der Waals surface area contributed by atoms with Gasteiger partial charge in [0.25, 0.3) is 5.56 Å². The van der Waals surface area contributed by atoms with E-state index in [1.54, 1.807) is 0 Å². The molecule has 0 radical (unpaired) electrons. The third kappa shape index (κ3) is 1.94. The molecule has 0 amide bonds. The lowest BCUT2D eigenvalue weighted by atomic mass is 10.1. The first-order valence-corrected chi connectivity index (χ1v) is 3.68. The van der Waals surface area contributed by atoms with E-state index in [0.717, 1.165) is 12.8 Å². The zero-order valence-corrected chi connectivity index (χ0v) is 6.46. The second-order valence-corrected chi connectivity index (χ2v) is 2.51. The molecular weight excluding hydrogens is 144 g/mol. The predicted molar refractivity (Wildman–Crippen MR) is 41.2 cm³/mol. The zero-order chi connectivity index (χ0) is 8.27. The summed E-state index contributed by atoms with van der Waals surface area (Å²) in [6, 6.07) is 1.24. The molecule has 0 aliphatic heterocycles. The van der Waals surface area contributed by atoms with Gasteiger partial charge in [0.15, 0.2) is 5.76 Å². The van der Waals surface area contributed by atoms with Crippen molar-refractivity contribution in [3.05, 3.63) is 22.2 Å². The zero-order valence-electron chi connectivity index (χ0n) is 6.46. The van der Waals surface area contributed by atoms with Crippen molar-refractivity contribution in [3.63, 3.8) is 0 Å². The molecule has 0 bridgehead atoms. The van der Waals surface area contributed by atoms with Crippen molar-refractivity contribution in [1.82, 2.24) is 5.16 Å². The molecule has 4 heteroatoms. The molecule has 1 atom stereocenters. The van der Waals surface area contributed by atoms with E-state index >= 15 is 0 Å². The first-order chi connectivity index (χ1) is 5.24. The van der Waals surface area contributed by atoms with Gasteiger partial charge < -0.3 is 10.3 Å². The Hall–Kier alpha value is -1.03. The van der Waals surface area contributed by atoms with Gasteiger partial charge in [0.1, 0.15) is 0 Å². The predicted octanol–water partition coefficient (Wildman–Crippen LogP) is 0.768. The maximum Gasteiger partial charge on any atom is 0.280 e. The fraction of sp³-hybridized carbons (Fsp3) is 0.571. The van der Waals surface area contributed by atoms with Crippen LogP contribution in [0.3, 0.4) is 0 Å². The van der Waals surface area contributed by atoms with Crippen LogP contribution in [0.4, 0.5) is 0 Å². The summed E-state index contributed by atoms with van der Waals surface area (Å²) in [4.78, 5) is 10.6. The molecule has 1 unspecified atom stereocenters. The number of aromatic amines is 1. The third-order valence-corrected chi connectivity index (χ3v) is 1.51. The Kier molecular flexibility index (Phi) is 2.48. The summed E-state index contributed by atoms with van der Waals surface area (Å²) in [5.74, 6) is 0.539. The van der Waals surface area contributed by atoms with Gasteiger partial charge in [-0.05, 0) is 6.42 Å². The van der Waals surface area contributed by atoms with Crippen LogP contribution in [0.5, 0.6) is 0 Å². The highest BCUT2D eigenvalue weighted by Gasteiger charge is 2.08. The molecule has 1 aromatic rings. The molecule has 1 heterocycles. The van der Waals surface area contributed by atoms with Gasteiger partial charge in [0, 0.05) is 6.07 Å². The summed E-state index contributed by atoms with van der Waals surface area (Å²) in [7, 11) is 0. The van der Waals surface area contributed by atoms with E-state index in [-0.39, 0.29) is 11.6 Å². The minimum Gasteiger partial charge on any atom is -0.382 e. The number of hydrogen-bond acceptors (Lipinski definition) is 3. The number of nitrogens with two attached hydrogens (primary N) is 1. The largest absolute Gasteiger partial charge is 0.382 e. The average molecular weight is 156 g/mol. The number of H-pyrrole nitrogens is 1. The van der Waals surface area contributed by atoms with Crippen LogP contribution in [0.25, 0.3) is 0 Å². The smallest absolute Gasteiger partial charge is 0.280 e. The Morgan fingerprint density at radius 3 is 3.00 bits per heavy atom. The summed E-state index contributed by atoms with van der Waals surface area (Å²) in [6.07, 6.45) is 1.82. The maximum atomic E-state index is 10.6. The Labute approximate surface area is 64.4 Å². The van der Waals surface area contributed by atoms with Crippen LogP contribution < -0.4 is 11.3 Å². The molecule has 0 saturated heterocycles. The van der Waals surface area contributed by atoms with Gasteiger partial charge in [0.2, 0.25) is 0 Å². The lowest BCUT2D eigenvalue weighted by molar-refractivity contribution is 0.351. The third-order valence-electron chi connectivity index (χ3n) is 1.51. The lowest BCUT2D eigenvalue weighted by Gasteiger charge is -2.03. The molecule has 62 valence electrons. The normalized spacial score (nSPS) is 13.3. The molecule has 3 N–H and O–H groups in total. The van der Waals surface area contributed by atoms with Crippen LogP contribution >= 0.6 is 0 Å². The summed E-state index contributed by atoms with van der Waals surface area (Å²) in [6.45, 7) is 2.03. The molecule has 4 nitrogen and oxygen atoms in total. The Bertz CT molecular complexity index is 263. The van der Waals surface area contributed by atoms with Crippen LogP contribution in [-0.4, -0.2) is 5.16 Å². The fourth-order valence-electron chi connectivity index (χ4n) is 0.933. The van der Waals surface area contributed by atoms with Crippen molar-refractivity contribution < 1.29 is 4.52 Å². The van der Waals surface area contributed by atoms with Crippen molar-refractivity contribution in [2.75, 3.05) is 0 Å². The van der Waals surface area contributed by atoms with Crippen LogP contribution in [-0.2, 0) is 0 Å². The maximum absolute atomic E-state index is 10.6. The first kappa shape index (κ1) is 8.07. The van der Waals surface area contributed by atoms with Gasteiger partial charge in [0.05, 0.1) is 6.04 Å². The summed E-state index contributed by atoms with van der Waals surface area (Å²) >= 11 is 0. The van der Waals surface area contributed by atoms with Crippen LogP contribution in [0.1, 0.15) is 31.6 Å². The van der Waals surface area contributed by atoms with Gasteiger partial charge in [-0.3, -0.25) is 4.79 Å². The first-order valence-electron chi connectivity index (χ1n) is 3.68.